The Hall–Kier alpha value is -2.82. The number of aliphatic hydroxyl groups is 1. The molecule has 2 heterocycles. The first-order valence-corrected chi connectivity index (χ1v) is 10.6. The minimum atomic E-state index is -0.330. The number of nitriles is 1. The number of aromatic nitrogens is 3. The van der Waals surface area contributed by atoms with Gasteiger partial charge in [0.1, 0.15) is 22.4 Å². The summed E-state index contributed by atoms with van der Waals surface area (Å²) in [5, 5.41) is 21.5. The van der Waals surface area contributed by atoms with Gasteiger partial charge in [0.05, 0.1) is 26.5 Å². The van der Waals surface area contributed by atoms with Gasteiger partial charge >= 0.3 is 0 Å². The van der Waals surface area contributed by atoms with Gasteiger partial charge in [-0.3, -0.25) is 0 Å². The van der Waals surface area contributed by atoms with Crippen molar-refractivity contribution in [3.63, 3.8) is 0 Å². The Morgan fingerprint density at radius 3 is 2.61 bits per heavy atom. The van der Waals surface area contributed by atoms with Crippen molar-refractivity contribution in [1.29, 1.82) is 5.26 Å². The standard InChI is InChI=1S/C21H18N4OS2/c1-3-25-17-10-6-4-8-15(17)24-21(25)27-13(2)19(26)14(12-22)20-23-16-9-5-7-11-18(16)28-20/h4-11,13,26H,3H2,1-2H3/b19-14-. The summed E-state index contributed by atoms with van der Waals surface area (Å²) in [5.41, 5.74) is 3.04. The maximum atomic E-state index is 10.8. The van der Waals surface area contributed by atoms with E-state index in [0.29, 0.717) is 5.01 Å². The molecule has 7 heteroatoms. The summed E-state index contributed by atoms with van der Waals surface area (Å²) in [6.07, 6.45) is 0. The number of rotatable bonds is 5. The minimum Gasteiger partial charge on any atom is -0.510 e. The topological polar surface area (TPSA) is 74.7 Å². The van der Waals surface area contributed by atoms with E-state index in [2.05, 4.69) is 22.5 Å². The first-order chi connectivity index (χ1) is 13.6. The molecule has 0 spiro atoms. The van der Waals surface area contributed by atoms with Crippen molar-refractivity contribution in [2.24, 2.45) is 0 Å². The minimum absolute atomic E-state index is 0.0289. The fourth-order valence-corrected chi connectivity index (χ4v) is 5.08. The molecule has 1 N–H and O–H groups in total. The molecule has 0 aliphatic carbocycles. The van der Waals surface area contributed by atoms with Crippen molar-refractivity contribution in [2.45, 2.75) is 30.8 Å². The first-order valence-electron chi connectivity index (χ1n) is 8.93. The molecule has 140 valence electrons. The lowest BCUT2D eigenvalue weighted by Crippen LogP contribution is -2.06. The number of aliphatic hydroxyl groups excluding tert-OH is 1. The summed E-state index contributed by atoms with van der Waals surface area (Å²) < 4.78 is 3.11. The van der Waals surface area contributed by atoms with Crippen LogP contribution in [0.25, 0.3) is 26.8 Å². The van der Waals surface area contributed by atoms with Crippen LogP contribution in [0.15, 0.2) is 59.4 Å². The van der Waals surface area contributed by atoms with E-state index < -0.39 is 0 Å². The Morgan fingerprint density at radius 2 is 1.89 bits per heavy atom. The fraction of sp³-hybridized carbons (Fsp3) is 0.190. The third-order valence-electron chi connectivity index (χ3n) is 4.48. The van der Waals surface area contributed by atoms with E-state index in [9.17, 15) is 10.4 Å². The second-order valence-electron chi connectivity index (χ2n) is 6.25. The van der Waals surface area contributed by atoms with Crippen LogP contribution in [0.1, 0.15) is 18.9 Å². The molecule has 2 aromatic carbocycles. The molecular formula is C21H18N4OS2. The average molecular weight is 407 g/mol. The predicted molar refractivity (Wildman–Crippen MR) is 116 cm³/mol. The van der Waals surface area contributed by atoms with E-state index in [1.54, 1.807) is 0 Å². The summed E-state index contributed by atoms with van der Waals surface area (Å²) in [6.45, 7) is 4.73. The Morgan fingerprint density at radius 1 is 1.18 bits per heavy atom. The highest BCUT2D eigenvalue weighted by molar-refractivity contribution is 8.00. The van der Waals surface area contributed by atoms with Crippen LogP contribution in [-0.2, 0) is 6.54 Å². The van der Waals surface area contributed by atoms with E-state index >= 15 is 0 Å². The summed E-state index contributed by atoms with van der Waals surface area (Å²) in [4.78, 5) is 9.21. The Balaban J connectivity index is 1.70. The van der Waals surface area contributed by atoms with Gasteiger partial charge in [0.2, 0.25) is 0 Å². The summed E-state index contributed by atoms with van der Waals surface area (Å²) in [6, 6.07) is 17.8. The molecule has 0 saturated carbocycles. The number of para-hydroxylation sites is 3. The van der Waals surface area contributed by atoms with Crippen molar-refractivity contribution in [3.8, 4) is 6.07 Å². The quantitative estimate of drug-likeness (QED) is 0.264. The largest absolute Gasteiger partial charge is 0.510 e. The van der Waals surface area contributed by atoms with Gasteiger partial charge in [0.25, 0.3) is 0 Å². The zero-order chi connectivity index (χ0) is 19.7. The third-order valence-corrected chi connectivity index (χ3v) is 6.63. The number of imidazole rings is 1. The second-order valence-corrected chi connectivity index (χ2v) is 8.58. The number of aryl methyl sites for hydroxylation is 1. The van der Waals surface area contributed by atoms with Crippen LogP contribution in [0.5, 0.6) is 0 Å². The monoisotopic (exact) mass is 406 g/mol. The summed E-state index contributed by atoms with van der Waals surface area (Å²) in [5.74, 6) is 0.0289. The molecular weight excluding hydrogens is 388 g/mol. The van der Waals surface area contributed by atoms with Crippen LogP contribution in [0.4, 0.5) is 0 Å². The SMILES string of the molecule is CCn1c(SC(C)/C(O)=C(\C#N)c2nc3ccccc3s2)nc2ccccc21. The molecule has 0 fully saturated rings. The zero-order valence-electron chi connectivity index (χ0n) is 15.5. The lowest BCUT2D eigenvalue weighted by Gasteiger charge is -2.12. The maximum Gasteiger partial charge on any atom is 0.169 e. The molecule has 0 aliphatic rings. The lowest BCUT2D eigenvalue weighted by molar-refractivity contribution is 0.402. The van der Waals surface area contributed by atoms with Crippen molar-refractivity contribution >= 4 is 49.9 Å². The molecule has 0 saturated heterocycles. The number of benzene rings is 2. The third kappa shape index (κ3) is 3.26. The Bertz CT molecular complexity index is 1200. The highest BCUT2D eigenvalue weighted by Gasteiger charge is 2.21. The van der Waals surface area contributed by atoms with Gasteiger partial charge in [0, 0.05) is 6.54 Å². The van der Waals surface area contributed by atoms with E-state index in [1.807, 2.05) is 55.5 Å². The van der Waals surface area contributed by atoms with Crippen LogP contribution in [0.3, 0.4) is 0 Å². The molecule has 0 radical (unpaired) electrons. The van der Waals surface area contributed by atoms with Crippen LogP contribution in [0, 0.1) is 11.3 Å². The van der Waals surface area contributed by atoms with E-state index in [4.69, 9.17) is 4.98 Å². The van der Waals surface area contributed by atoms with E-state index in [-0.39, 0.29) is 16.6 Å². The van der Waals surface area contributed by atoms with Crippen LogP contribution < -0.4 is 0 Å². The number of thiazole rings is 1. The van der Waals surface area contributed by atoms with Gasteiger partial charge < -0.3 is 9.67 Å². The molecule has 5 nitrogen and oxygen atoms in total. The number of hydrogen-bond acceptors (Lipinski definition) is 6. The summed E-state index contributed by atoms with van der Waals surface area (Å²) in [7, 11) is 0. The van der Waals surface area contributed by atoms with Crippen molar-refractivity contribution in [3.05, 3.63) is 59.3 Å². The number of fused-ring (bicyclic) bond motifs is 2. The average Bonchev–Trinajstić information content (AvgIpc) is 3.28. The van der Waals surface area contributed by atoms with Gasteiger partial charge in [0.15, 0.2) is 5.16 Å². The zero-order valence-corrected chi connectivity index (χ0v) is 17.1. The molecule has 1 unspecified atom stereocenters. The van der Waals surface area contributed by atoms with Gasteiger partial charge in [-0.15, -0.1) is 11.3 Å². The molecule has 4 rings (SSSR count). The highest BCUT2D eigenvalue weighted by Crippen LogP contribution is 2.34. The number of hydrogen-bond donors (Lipinski definition) is 1. The second kappa shape index (κ2) is 7.66. The molecule has 0 amide bonds. The molecule has 4 aromatic rings. The number of nitrogens with zero attached hydrogens (tertiary/aromatic N) is 4. The molecule has 0 aliphatic heterocycles. The van der Waals surface area contributed by atoms with Crippen LogP contribution in [-0.4, -0.2) is 24.9 Å². The normalized spacial score (nSPS) is 13.5. The van der Waals surface area contributed by atoms with Crippen molar-refractivity contribution in [2.75, 3.05) is 0 Å². The van der Waals surface area contributed by atoms with Crippen LogP contribution in [0.2, 0.25) is 0 Å². The fourth-order valence-electron chi connectivity index (χ4n) is 3.06. The predicted octanol–water partition coefficient (Wildman–Crippen LogP) is 5.64. The van der Waals surface area contributed by atoms with E-state index in [0.717, 1.165) is 33.0 Å². The van der Waals surface area contributed by atoms with Gasteiger partial charge in [-0.05, 0) is 38.1 Å². The van der Waals surface area contributed by atoms with Crippen LogP contribution >= 0.6 is 23.1 Å². The van der Waals surface area contributed by atoms with Crippen molar-refractivity contribution in [1.82, 2.24) is 14.5 Å². The van der Waals surface area contributed by atoms with Gasteiger partial charge in [-0.1, -0.05) is 36.0 Å². The van der Waals surface area contributed by atoms with Gasteiger partial charge in [-0.2, -0.15) is 5.26 Å². The number of allylic oxidation sites excluding steroid dienone is 1. The molecule has 1 atom stereocenters. The van der Waals surface area contributed by atoms with E-state index in [1.165, 1.54) is 23.1 Å². The molecule has 2 aromatic heterocycles. The molecule has 28 heavy (non-hydrogen) atoms. The summed E-state index contributed by atoms with van der Waals surface area (Å²) >= 11 is 2.86. The highest BCUT2D eigenvalue weighted by atomic mass is 32.2. The smallest absolute Gasteiger partial charge is 0.169 e. The lowest BCUT2D eigenvalue weighted by atomic mass is 10.2. The van der Waals surface area contributed by atoms with Gasteiger partial charge in [-0.25, -0.2) is 9.97 Å². The Labute approximate surface area is 171 Å². The maximum absolute atomic E-state index is 10.8. The van der Waals surface area contributed by atoms with Crippen molar-refractivity contribution < 1.29 is 5.11 Å². The number of thioether (sulfide) groups is 1. The molecule has 0 bridgehead atoms. The Kier molecular flexibility index (Phi) is 5.07. The first kappa shape index (κ1) is 18.5.